The number of nitrogens with zero attached hydrogens (tertiary/aromatic N) is 1. The third kappa shape index (κ3) is 4.45. The molecule has 1 aliphatic heterocycles. The smallest absolute Gasteiger partial charge is 0.323 e. The number of hydrogen-bond acceptors (Lipinski definition) is 3. The molecule has 1 saturated heterocycles. The van der Waals surface area contributed by atoms with E-state index >= 15 is 0 Å². The molecule has 1 saturated carbocycles. The molecule has 0 spiro atoms. The third-order valence-electron chi connectivity index (χ3n) is 4.93. The second kappa shape index (κ2) is 6.02. The lowest BCUT2D eigenvalue weighted by Crippen LogP contribution is -2.51. The first-order valence-electron chi connectivity index (χ1n) is 8.04. The van der Waals surface area contributed by atoms with Crippen LogP contribution in [-0.2, 0) is 4.79 Å². The van der Waals surface area contributed by atoms with Crippen molar-refractivity contribution >= 4 is 5.97 Å². The minimum absolute atomic E-state index is 0.437. The zero-order chi connectivity index (χ0) is 14.8. The average molecular weight is 282 g/mol. The molecule has 2 N–H and O–H groups in total. The van der Waals surface area contributed by atoms with E-state index in [-0.39, 0.29) is 0 Å². The van der Waals surface area contributed by atoms with Crippen molar-refractivity contribution in [2.75, 3.05) is 19.6 Å². The summed E-state index contributed by atoms with van der Waals surface area (Å²) in [6, 6.07) is 0.437. The van der Waals surface area contributed by atoms with E-state index in [9.17, 15) is 9.90 Å². The lowest BCUT2D eigenvalue weighted by atomic mass is 9.82. The number of carboxylic acid groups (broad SMARTS) is 1. The molecule has 2 rings (SSSR count). The van der Waals surface area contributed by atoms with Gasteiger partial charge < -0.3 is 10.0 Å². The molecule has 0 radical (unpaired) electrons. The average Bonchev–Trinajstić information content (AvgIpc) is 3.15. The summed E-state index contributed by atoms with van der Waals surface area (Å²) in [6.07, 6.45) is 6.45. The van der Waals surface area contributed by atoms with Crippen molar-refractivity contribution in [1.29, 1.82) is 0 Å². The zero-order valence-corrected chi connectivity index (χ0v) is 13.2. The van der Waals surface area contributed by atoms with Gasteiger partial charge in [-0.25, -0.2) is 0 Å². The highest BCUT2D eigenvalue weighted by Gasteiger charge is 2.38. The fourth-order valence-electron chi connectivity index (χ4n) is 2.96. The summed E-state index contributed by atoms with van der Waals surface area (Å²) in [5.41, 5.74) is -0.254. The fourth-order valence-corrected chi connectivity index (χ4v) is 2.96. The van der Waals surface area contributed by atoms with Crippen molar-refractivity contribution in [2.45, 2.75) is 70.9 Å². The molecule has 116 valence electrons. The first-order chi connectivity index (χ1) is 9.31. The number of hydrogen-bond donors (Lipinski definition) is 2. The van der Waals surface area contributed by atoms with Gasteiger partial charge in [0.1, 0.15) is 5.54 Å². The Morgan fingerprint density at radius 2 is 1.95 bits per heavy atom. The van der Waals surface area contributed by atoms with Crippen LogP contribution in [0.1, 0.15) is 59.3 Å². The maximum absolute atomic E-state index is 11.5. The van der Waals surface area contributed by atoms with Crippen LogP contribution in [0.15, 0.2) is 0 Å². The Morgan fingerprint density at radius 1 is 1.35 bits per heavy atom. The quantitative estimate of drug-likeness (QED) is 0.753. The Balaban J connectivity index is 1.72. The van der Waals surface area contributed by atoms with Crippen LogP contribution in [-0.4, -0.2) is 47.2 Å². The minimum atomic E-state index is -0.740. The predicted octanol–water partition coefficient (Wildman–Crippen LogP) is 2.48. The van der Waals surface area contributed by atoms with Crippen LogP contribution in [0.2, 0.25) is 0 Å². The monoisotopic (exact) mass is 282 g/mol. The van der Waals surface area contributed by atoms with Crippen LogP contribution >= 0.6 is 0 Å². The van der Waals surface area contributed by atoms with Crippen molar-refractivity contribution in [3.63, 3.8) is 0 Å². The molecule has 1 unspecified atom stereocenters. The van der Waals surface area contributed by atoms with Crippen LogP contribution in [0.25, 0.3) is 0 Å². The summed E-state index contributed by atoms with van der Waals surface area (Å²) < 4.78 is 0. The van der Waals surface area contributed by atoms with E-state index in [1.54, 1.807) is 0 Å². The predicted molar refractivity (Wildman–Crippen MR) is 80.9 cm³/mol. The Hall–Kier alpha value is -0.610. The molecule has 1 atom stereocenters. The number of likely N-dealkylation sites (tertiary alicyclic amines) is 1. The van der Waals surface area contributed by atoms with E-state index in [0.29, 0.717) is 11.5 Å². The SMILES string of the molecule is CC1(C)CCN(CCCC(C)(NC2CC2)C(=O)O)CC1. The van der Waals surface area contributed by atoms with Gasteiger partial charge in [0, 0.05) is 6.04 Å². The molecule has 0 bridgehead atoms. The summed E-state index contributed by atoms with van der Waals surface area (Å²) in [7, 11) is 0. The molecule has 1 heterocycles. The molecule has 2 aliphatic rings. The number of nitrogens with one attached hydrogen (secondary N) is 1. The Bertz CT molecular complexity index is 342. The topological polar surface area (TPSA) is 52.6 Å². The highest BCUT2D eigenvalue weighted by atomic mass is 16.4. The van der Waals surface area contributed by atoms with Gasteiger partial charge in [-0.2, -0.15) is 0 Å². The van der Waals surface area contributed by atoms with E-state index in [4.69, 9.17) is 0 Å². The van der Waals surface area contributed by atoms with Crippen LogP contribution in [0.5, 0.6) is 0 Å². The highest BCUT2D eigenvalue weighted by Crippen LogP contribution is 2.30. The van der Waals surface area contributed by atoms with E-state index in [0.717, 1.165) is 45.3 Å². The van der Waals surface area contributed by atoms with Crippen LogP contribution in [0, 0.1) is 5.41 Å². The molecule has 2 fully saturated rings. The van der Waals surface area contributed by atoms with Gasteiger partial charge in [-0.05, 0) is 70.5 Å². The van der Waals surface area contributed by atoms with Crippen LogP contribution < -0.4 is 5.32 Å². The van der Waals surface area contributed by atoms with Crippen molar-refractivity contribution < 1.29 is 9.90 Å². The van der Waals surface area contributed by atoms with E-state index < -0.39 is 11.5 Å². The summed E-state index contributed by atoms with van der Waals surface area (Å²) in [5, 5.41) is 12.7. The van der Waals surface area contributed by atoms with Crippen LogP contribution in [0.3, 0.4) is 0 Å². The summed E-state index contributed by atoms with van der Waals surface area (Å²) in [5.74, 6) is -0.704. The van der Waals surface area contributed by atoms with Gasteiger partial charge >= 0.3 is 5.97 Å². The molecule has 20 heavy (non-hydrogen) atoms. The largest absolute Gasteiger partial charge is 0.480 e. The molecule has 1 aliphatic carbocycles. The van der Waals surface area contributed by atoms with Gasteiger partial charge in [-0.15, -0.1) is 0 Å². The first kappa shape index (κ1) is 15.8. The zero-order valence-electron chi connectivity index (χ0n) is 13.2. The minimum Gasteiger partial charge on any atom is -0.480 e. The van der Waals surface area contributed by atoms with Crippen molar-refractivity contribution in [3.05, 3.63) is 0 Å². The second-order valence-electron chi connectivity index (χ2n) is 7.67. The molecule has 0 aromatic carbocycles. The number of rotatable bonds is 7. The van der Waals surface area contributed by atoms with E-state index in [2.05, 4.69) is 24.1 Å². The van der Waals surface area contributed by atoms with Gasteiger partial charge in [0.05, 0.1) is 0 Å². The standard InChI is InChI=1S/C16H30N2O2/c1-15(2)8-11-18(12-9-15)10-4-7-16(3,14(19)20)17-13-5-6-13/h13,17H,4-12H2,1-3H3,(H,19,20). The summed E-state index contributed by atoms with van der Waals surface area (Å²) in [4.78, 5) is 14.0. The Labute approximate surface area is 122 Å². The first-order valence-corrected chi connectivity index (χ1v) is 8.04. The summed E-state index contributed by atoms with van der Waals surface area (Å²) >= 11 is 0. The molecule has 4 heteroatoms. The van der Waals surface area contributed by atoms with Gasteiger partial charge in [0.2, 0.25) is 0 Å². The lowest BCUT2D eigenvalue weighted by Gasteiger charge is -2.37. The van der Waals surface area contributed by atoms with Crippen molar-refractivity contribution in [2.24, 2.45) is 5.41 Å². The lowest BCUT2D eigenvalue weighted by molar-refractivity contribution is -0.144. The summed E-state index contributed by atoms with van der Waals surface area (Å²) in [6.45, 7) is 9.87. The maximum Gasteiger partial charge on any atom is 0.323 e. The van der Waals surface area contributed by atoms with Gasteiger partial charge in [0.25, 0.3) is 0 Å². The van der Waals surface area contributed by atoms with E-state index in [1.165, 1.54) is 12.8 Å². The Morgan fingerprint density at radius 3 is 2.45 bits per heavy atom. The number of carboxylic acids is 1. The van der Waals surface area contributed by atoms with E-state index in [1.807, 2.05) is 6.92 Å². The van der Waals surface area contributed by atoms with Gasteiger partial charge in [0.15, 0.2) is 0 Å². The molecule has 0 amide bonds. The number of carbonyl (C=O) groups is 1. The molecule has 0 aromatic heterocycles. The molecular formula is C16H30N2O2. The second-order valence-corrected chi connectivity index (χ2v) is 7.67. The highest BCUT2D eigenvalue weighted by molar-refractivity contribution is 5.78. The van der Waals surface area contributed by atoms with Crippen LogP contribution in [0.4, 0.5) is 0 Å². The van der Waals surface area contributed by atoms with Gasteiger partial charge in [-0.3, -0.25) is 10.1 Å². The van der Waals surface area contributed by atoms with Crippen molar-refractivity contribution in [1.82, 2.24) is 10.2 Å². The number of piperidine rings is 1. The van der Waals surface area contributed by atoms with Crippen molar-refractivity contribution in [3.8, 4) is 0 Å². The third-order valence-corrected chi connectivity index (χ3v) is 4.93. The number of aliphatic carboxylic acids is 1. The fraction of sp³-hybridized carbons (Fsp3) is 0.938. The maximum atomic E-state index is 11.5. The normalized spacial score (nSPS) is 26.1. The molecular weight excluding hydrogens is 252 g/mol. The Kier molecular flexibility index (Phi) is 4.75. The molecule has 4 nitrogen and oxygen atoms in total. The van der Waals surface area contributed by atoms with Gasteiger partial charge in [-0.1, -0.05) is 13.8 Å². The molecule has 0 aromatic rings.